The summed E-state index contributed by atoms with van der Waals surface area (Å²) in [7, 11) is 0. The number of nitro benzene ring substituents is 1. The topological polar surface area (TPSA) is 82.3 Å². The van der Waals surface area contributed by atoms with Gasteiger partial charge in [-0.1, -0.05) is 36.4 Å². The Morgan fingerprint density at radius 2 is 1.78 bits per heavy atom. The molecule has 0 saturated carbocycles. The molecule has 0 radical (unpaired) electrons. The van der Waals surface area contributed by atoms with E-state index in [0.717, 1.165) is 5.39 Å². The summed E-state index contributed by atoms with van der Waals surface area (Å²) in [5.41, 5.74) is 1.12. The Kier molecular flexibility index (Phi) is 3.97. The van der Waals surface area contributed by atoms with E-state index in [9.17, 15) is 14.9 Å². The van der Waals surface area contributed by atoms with Crippen molar-refractivity contribution in [3.05, 3.63) is 82.0 Å². The molecular formula is C17H12N2O4. The van der Waals surface area contributed by atoms with Gasteiger partial charge in [0.1, 0.15) is 12.3 Å². The minimum absolute atomic E-state index is 0.0771. The van der Waals surface area contributed by atoms with E-state index in [0.29, 0.717) is 11.1 Å². The van der Waals surface area contributed by atoms with Crippen LogP contribution < -0.4 is 0 Å². The lowest BCUT2D eigenvalue weighted by atomic mass is 10.2. The van der Waals surface area contributed by atoms with Crippen LogP contribution >= 0.6 is 0 Å². The summed E-state index contributed by atoms with van der Waals surface area (Å²) in [6.45, 7) is -0.176. The molecule has 3 aromatic rings. The van der Waals surface area contributed by atoms with Gasteiger partial charge in [-0.05, 0) is 18.2 Å². The number of aromatic nitrogens is 1. The van der Waals surface area contributed by atoms with Gasteiger partial charge in [-0.15, -0.1) is 0 Å². The Hall–Kier alpha value is -3.28. The number of nitrogens with zero attached hydrogens (tertiary/aromatic N) is 2. The maximum atomic E-state index is 12.1. The van der Waals surface area contributed by atoms with Crippen molar-refractivity contribution in [3.63, 3.8) is 0 Å². The van der Waals surface area contributed by atoms with E-state index in [1.54, 1.807) is 36.4 Å². The van der Waals surface area contributed by atoms with Crippen LogP contribution in [0.4, 0.5) is 5.69 Å². The Labute approximate surface area is 131 Å². The van der Waals surface area contributed by atoms with Crippen molar-refractivity contribution in [1.29, 1.82) is 0 Å². The molecule has 0 spiro atoms. The van der Waals surface area contributed by atoms with Gasteiger partial charge in [0.25, 0.3) is 5.69 Å². The number of carbonyl (C=O) groups is 1. The lowest BCUT2D eigenvalue weighted by Crippen LogP contribution is -2.08. The van der Waals surface area contributed by atoms with E-state index in [1.165, 1.54) is 6.07 Å². The smallest absolute Gasteiger partial charge is 0.357 e. The van der Waals surface area contributed by atoms with Crippen molar-refractivity contribution >= 4 is 22.6 Å². The third-order valence-corrected chi connectivity index (χ3v) is 3.35. The second kappa shape index (κ2) is 6.23. The Morgan fingerprint density at radius 1 is 1.04 bits per heavy atom. The van der Waals surface area contributed by atoms with Crippen molar-refractivity contribution in [2.24, 2.45) is 0 Å². The van der Waals surface area contributed by atoms with E-state index >= 15 is 0 Å². The van der Waals surface area contributed by atoms with Crippen LogP contribution in [-0.2, 0) is 11.3 Å². The lowest BCUT2D eigenvalue weighted by molar-refractivity contribution is -0.385. The highest BCUT2D eigenvalue weighted by atomic mass is 16.6. The van der Waals surface area contributed by atoms with Crippen LogP contribution in [0.15, 0.2) is 60.7 Å². The number of benzene rings is 2. The zero-order valence-electron chi connectivity index (χ0n) is 12.0. The van der Waals surface area contributed by atoms with Gasteiger partial charge in [-0.2, -0.15) is 0 Å². The molecule has 0 amide bonds. The average Bonchev–Trinajstić information content (AvgIpc) is 2.59. The van der Waals surface area contributed by atoms with Crippen molar-refractivity contribution in [1.82, 2.24) is 4.98 Å². The Bertz CT molecular complexity index is 892. The van der Waals surface area contributed by atoms with Crippen molar-refractivity contribution in [2.75, 3.05) is 0 Å². The zero-order chi connectivity index (χ0) is 16.2. The number of esters is 1. The van der Waals surface area contributed by atoms with Crippen LogP contribution in [0.1, 0.15) is 16.1 Å². The van der Waals surface area contributed by atoms with Crippen LogP contribution in [0.5, 0.6) is 0 Å². The van der Waals surface area contributed by atoms with Gasteiger partial charge in [0.05, 0.1) is 16.0 Å². The van der Waals surface area contributed by atoms with Gasteiger partial charge in [0.15, 0.2) is 0 Å². The fraction of sp³-hybridized carbons (Fsp3) is 0.0588. The molecule has 3 rings (SSSR count). The average molecular weight is 308 g/mol. The van der Waals surface area contributed by atoms with Crippen LogP contribution in [0.3, 0.4) is 0 Å². The molecule has 0 N–H and O–H groups in total. The third kappa shape index (κ3) is 3.16. The summed E-state index contributed by atoms with van der Waals surface area (Å²) in [4.78, 5) is 26.8. The Balaban J connectivity index is 1.77. The summed E-state index contributed by atoms with van der Waals surface area (Å²) in [5.74, 6) is -0.617. The van der Waals surface area contributed by atoms with Crippen LogP contribution in [-0.4, -0.2) is 15.9 Å². The molecular weight excluding hydrogens is 296 g/mol. The summed E-state index contributed by atoms with van der Waals surface area (Å²) in [5, 5.41) is 11.9. The lowest BCUT2D eigenvalue weighted by Gasteiger charge is -2.06. The number of hydrogen-bond acceptors (Lipinski definition) is 5. The molecule has 1 aromatic heterocycles. The van der Waals surface area contributed by atoms with Crippen LogP contribution in [0.2, 0.25) is 0 Å². The quantitative estimate of drug-likeness (QED) is 0.418. The maximum absolute atomic E-state index is 12.1. The predicted octanol–water partition coefficient (Wildman–Crippen LogP) is 3.50. The van der Waals surface area contributed by atoms with Gasteiger partial charge >= 0.3 is 5.97 Å². The number of carbonyl (C=O) groups excluding carboxylic acids is 1. The molecule has 0 aliphatic carbocycles. The fourth-order valence-electron chi connectivity index (χ4n) is 2.21. The van der Waals surface area contributed by atoms with E-state index < -0.39 is 10.9 Å². The number of hydrogen-bond donors (Lipinski definition) is 0. The number of nitro groups is 1. The first-order valence-corrected chi connectivity index (χ1v) is 6.90. The number of pyridine rings is 1. The molecule has 114 valence electrons. The monoisotopic (exact) mass is 308 g/mol. The third-order valence-electron chi connectivity index (χ3n) is 3.35. The molecule has 6 nitrogen and oxygen atoms in total. The highest BCUT2D eigenvalue weighted by Gasteiger charge is 2.15. The summed E-state index contributed by atoms with van der Waals surface area (Å²) >= 11 is 0. The zero-order valence-corrected chi connectivity index (χ0v) is 12.0. The molecule has 0 aliphatic rings. The largest absolute Gasteiger partial charge is 0.456 e. The predicted molar refractivity (Wildman–Crippen MR) is 84.0 cm³/mol. The van der Waals surface area contributed by atoms with Crippen LogP contribution in [0, 0.1) is 10.1 Å². The first-order valence-electron chi connectivity index (χ1n) is 6.90. The minimum Gasteiger partial charge on any atom is -0.456 e. The fourth-order valence-corrected chi connectivity index (χ4v) is 2.21. The summed E-state index contributed by atoms with van der Waals surface area (Å²) < 4.78 is 5.15. The van der Waals surface area contributed by atoms with E-state index in [-0.39, 0.29) is 18.0 Å². The Morgan fingerprint density at radius 3 is 2.61 bits per heavy atom. The number of fused-ring (bicyclic) bond motifs is 1. The maximum Gasteiger partial charge on any atom is 0.357 e. The molecule has 0 bridgehead atoms. The SMILES string of the molecule is O=C(OCc1ccccc1[N+](=O)[O-])c1ccc2ccccc2n1. The first-order chi connectivity index (χ1) is 11.1. The number of para-hydroxylation sites is 2. The van der Waals surface area contributed by atoms with Gasteiger partial charge in [0.2, 0.25) is 0 Å². The standard InChI is InChI=1S/C17H12N2O4/c20-17(15-10-9-12-5-1-3-7-14(12)18-15)23-11-13-6-2-4-8-16(13)19(21)22/h1-10H,11H2. The van der Waals surface area contributed by atoms with Crippen molar-refractivity contribution in [3.8, 4) is 0 Å². The molecule has 1 heterocycles. The summed E-state index contributed by atoms with van der Waals surface area (Å²) in [6.07, 6.45) is 0. The highest BCUT2D eigenvalue weighted by Crippen LogP contribution is 2.19. The number of rotatable bonds is 4. The molecule has 0 saturated heterocycles. The molecule has 0 aliphatic heterocycles. The number of ether oxygens (including phenoxy) is 1. The minimum atomic E-state index is -0.617. The van der Waals surface area contributed by atoms with Crippen LogP contribution in [0.25, 0.3) is 10.9 Å². The first kappa shape index (κ1) is 14.6. The summed E-state index contributed by atoms with van der Waals surface area (Å²) in [6, 6.07) is 16.9. The molecule has 0 fully saturated rings. The highest BCUT2D eigenvalue weighted by molar-refractivity contribution is 5.91. The second-order valence-electron chi connectivity index (χ2n) is 4.85. The van der Waals surface area contributed by atoms with Crippen molar-refractivity contribution in [2.45, 2.75) is 6.61 Å². The van der Waals surface area contributed by atoms with Crippen molar-refractivity contribution < 1.29 is 14.5 Å². The van der Waals surface area contributed by atoms with Gasteiger partial charge < -0.3 is 4.74 Å². The molecule has 23 heavy (non-hydrogen) atoms. The normalized spacial score (nSPS) is 10.4. The second-order valence-corrected chi connectivity index (χ2v) is 4.85. The van der Waals surface area contributed by atoms with Gasteiger partial charge in [-0.25, -0.2) is 9.78 Å². The van der Waals surface area contributed by atoms with E-state index in [2.05, 4.69) is 4.98 Å². The molecule has 2 aromatic carbocycles. The van der Waals surface area contributed by atoms with Gasteiger partial charge in [0, 0.05) is 11.5 Å². The van der Waals surface area contributed by atoms with E-state index in [4.69, 9.17) is 4.74 Å². The molecule has 0 atom stereocenters. The van der Waals surface area contributed by atoms with E-state index in [1.807, 2.05) is 18.2 Å². The molecule has 6 heteroatoms. The van der Waals surface area contributed by atoms with Gasteiger partial charge in [-0.3, -0.25) is 10.1 Å². The molecule has 0 unspecified atom stereocenters.